The molecule has 1 unspecified atom stereocenters. The van der Waals surface area contributed by atoms with Gasteiger partial charge in [0.1, 0.15) is 5.84 Å². The molecule has 1 aliphatic carbocycles. The number of nitrogens with one attached hydrogen (secondary N) is 3. The highest BCUT2D eigenvalue weighted by Gasteiger charge is 2.60. The van der Waals surface area contributed by atoms with E-state index >= 15 is 0 Å². The van der Waals surface area contributed by atoms with Crippen LogP contribution in [0.5, 0.6) is 0 Å². The highest BCUT2D eigenvalue weighted by atomic mass is 19.4. The van der Waals surface area contributed by atoms with Crippen LogP contribution in [0.4, 0.5) is 22.0 Å². The number of rotatable bonds is 4. The fraction of sp³-hybridized carbons (Fsp3) is 0.500. The van der Waals surface area contributed by atoms with Crippen molar-refractivity contribution in [2.75, 3.05) is 19.6 Å². The highest BCUT2D eigenvalue weighted by Crippen LogP contribution is 2.45. The number of fused-ring (bicyclic) bond motifs is 1. The summed E-state index contributed by atoms with van der Waals surface area (Å²) in [5.41, 5.74) is -0.457. The van der Waals surface area contributed by atoms with Gasteiger partial charge in [-0.2, -0.15) is 22.0 Å². The lowest BCUT2D eigenvalue weighted by molar-refractivity contribution is -0.265. The maximum Gasteiger partial charge on any atom is 0.457 e. The summed E-state index contributed by atoms with van der Waals surface area (Å²) in [7, 11) is 0. The van der Waals surface area contributed by atoms with Crippen LogP contribution in [0, 0.1) is 5.92 Å². The molecule has 0 aromatic rings. The Balaban J connectivity index is 1.66. The minimum atomic E-state index is -5.66. The third-order valence-corrected chi connectivity index (χ3v) is 4.45. The Bertz CT molecular complexity index is 704. The van der Waals surface area contributed by atoms with E-state index in [9.17, 15) is 26.7 Å². The largest absolute Gasteiger partial charge is 0.457 e. The summed E-state index contributed by atoms with van der Waals surface area (Å²) < 4.78 is 65.1. The zero-order valence-corrected chi connectivity index (χ0v) is 13.5. The summed E-state index contributed by atoms with van der Waals surface area (Å²) in [6, 6.07) is 0.0441. The molecule has 10 heteroatoms. The molecular formula is C16H17F5N4O. The van der Waals surface area contributed by atoms with Crippen LogP contribution >= 0.6 is 0 Å². The lowest BCUT2D eigenvalue weighted by atomic mass is 9.82. The molecule has 0 aromatic carbocycles. The molecule has 3 rings (SSSR count). The van der Waals surface area contributed by atoms with Crippen LogP contribution in [0.2, 0.25) is 0 Å². The molecule has 0 aromatic heterocycles. The molecule has 3 aliphatic rings. The van der Waals surface area contributed by atoms with Crippen molar-refractivity contribution in [3.63, 3.8) is 0 Å². The van der Waals surface area contributed by atoms with Crippen LogP contribution in [-0.4, -0.2) is 49.5 Å². The van der Waals surface area contributed by atoms with E-state index in [1.54, 1.807) is 6.08 Å². The molecule has 1 fully saturated rings. The Kier molecular flexibility index (Phi) is 4.87. The van der Waals surface area contributed by atoms with Crippen molar-refractivity contribution in [1.29, 1.82) is 0 Å². The summed E-state index contributed by atoms with van der Waals surface area (Å²) in [6.45, 7) is 1.21. The fourth-order valence-electron chi connectivity index (χ4n) is 2.86. The minimum absolute atomic E-state index is 0.0441. The topological polar surface area (TPSA) is 65.5 Å². The van der Waals surface area contributed by atoms with Gasteiger partial charge in [0.2, 0.25) is 5.91 Å². The third kappa shape index (κ3) is 3.64. The van der Waals surface area contributed by atoms with Crippen LogP contribution in [-0.2, 0) is 4.79 Å². The average molecular weight is 376 g/mol. The Hall–Kier alpha value is -2.23. The number of alkyl halides is 5. The Morgan fingerprint density at radius 1 is 1.23 bits per heavy atom. The molecule has 26 heavy (non-hydrogen) atoms. The maximum atomic E-state index is 13.6. The number of carbonyl (C=O) groups excluding carboxylic acids is 1. The van der Waals surface area contributed by atoms with Gasteiger partial charge in [0.25, 0.3) is 0 Å². The first-order chi connectivity index (χ1) is 12.2. The Labute approximate surface area is 146 Å². The van der Waals surface area contributed by atoms with Gasteiger partial charge >= 0.3 is 12.1 Å². The predicted molar refractivity (Wildman–Crippen MR) is 84.7 cm³/mol. The van der Waals surface area contributed by atoms with Crippen molar-refractivity contribution < 1.29 is 26.7 Å². The zero-order chi connectivity index (χ0) is 18.9. The van der Waals surface area contributed by atoms with E-state index in [-0.39, 0.29) is 24.3 Å². The summed E-state index contributed by atoms with van der Waals surface area (Å²) in [5.74, 6) is -5.78. The van der Waals surface area contributed by atoms with E-state index in [0.717, 1.165) is 6.08 Å². The molecule has 3 N–H and O–H groups in total. The number of nitrogens with zero attached hydrogens (tertiary/aromatic N) is 1. The van der Waals surface area contributed by atoms with E-state index < -0.39 is 30.0 Å². The average Bonchev–Trinajstić information content (AvgIpc) is 2.54. The van der Waals surface area contributed by atoms with Crippen LogP contribution in [0.3, 0.4) is 0 Å². The molecule has 142 valence electrons. The summed E-state index contributed by atoms with van der Waals surface area (Å²) in [4.78, 5) is 15.9. The van der Waals surface area contributed by atoms with Crippen molar-refractivity contribution in [3.05, 3.63) is 35.6 Å². The van der Waals surface area contributed by atoms with Crippen molar-refractivity contribution in [2.45, 2.75) is 24.6 Å². The summed E-state index contributed by atoms with van der Waals surface area (Å²) in [6.07, 6.45) is -1.17. The van der Waals surface area contributed by atoms with E-state index in [1.165, 1.54) is 12.3 Å². The van der Waals surface area contributed by atoms with Gasteiger partial charge in [0.05, 0.1) is 12.6 Å². The van der Waals surface area contributed by atoms with E-state index in [4.69, 9.17) is 0 Å². The molecule has 1 amide bonds. The second-order valence-corrected chi connectivity index (χ2v) is 6.29. The SMILES string of the molecule is O=C(CNC1=NC=CC2=CC=C(C(F)(F)C(F)(F)F)CC21)NC1CNC1. The van der Waals surface area contributed by atoms with Gasteiger partial charge in [-0.1, -0.05) is 12.2 Å². The number of allylic oxidation sites excluding steroid dienone is 4. The van der Waals surface area contributed by atoms with Gasteiger partial charge in [-0.15, -0.1) is 0 Å². The molecule has 0 radical (unpaired) electrons. The van der Waals surface area contributed by atoms with Crippen molar-refractivity contribution >= 4 is 11.7 Å². The predicted octanol–water partition coefficient (Wildman–Crippen LogP) is 1.66. The van der Waals surface area contributed by atoms with Gasteiger partial charge in [-0.05, 0) is 18.1 Å². The van der Waals surface area contributed by atoms with Crippen LogP contribution in [0.15, 0.2) is 40.6 Å². The highest BCUT2D eigenvalue weighted by molar-refractivity contribution is 5.93. The number of aliphatic imine (C=N–C) groups is 1. The number of hydrogen-bond donors (Lipinski definition) is 3. The number of halogens is 5. The second-order valence-electron chi connectivity index (χ2n) is 6.29. The normalized spacial score (nSPS) is 23.3. The molecule has 0 saturated carbocycles. The Morgan fingerprint density at radius 3 is 2.58 bits per heavy atom. The lowest BCUT2D eigenvalue weighted by Gasteiger charge is -2.31. The molecule has 1 saturated heterocycles. The number of amidine groups is 1. The summed E-state index contributed by atoms with van der Waals surface area (Å²) >= 11 is 0. The maximum absolute atomic E-state index is 13.6. The standard InChI is InChI=1S/C16H17F5N4O/c17-15(18,16(19,20)21)10-2-1-9-3-4-23-14(12(9)5-10)24-8-13(26)25-11-6-22-7-11/h1-4,11-12,22H,5-8H2,(H,23,24)(H,25,26). The van der Waals surface area contributed by atoms with Crippen LogP contribution in [0.25, 0.3) is 0 Å². The number of amides is 1. The first-order valence-electron chi connectivity index (χ1n) is 8.02. The first-order valence-corrected chi connectivity index (χ1v) is 8.02. The molecular weight excluding hydrogens is 359 g/mol. The van der Waals surface area contributed by atoms with Crippen molar-refractivity contribution in [1.82, 2.24) is 16.0 Å². The smallest absolute Gasteiger partial charge is 0.364 e. The minimum Gasteiger partial charge on any atom is -0.364 e. The van der Waals surface area contributed by atoms with Crippen molar-refractivity contribution in [3.8, 4) is 0 Å². The van der Waals surface area contributed by atoms with Gasteiger partial charge < -0.3 is 16.0 Å². The van der Waals surface area contributed by atoms with Gasteiger partial charge in [0, 0.05) is 30.8 Å². The van der Waals surface area contributed by atoms with Crippen molar-refractivity contribution in [2.24, 2.45) is 10.9 Å². The van der Waals surface area contributed by atoms with E-state index in [0.29, 0.717) is 18.7 Å². The van der Waals surface area contributed by atoms with Gasteiger partial charge in [-0.25, -0.2) is 4.99 Å². The molecule has 0 spiro atoms. The Morgan fingerprint density at radius 2 is 1.96 bits per heavy atom. The monoisotopic (exact) mass is 376 g/mol. The molecule has 2 heterocycles. The number of hydrogen-bond acceptors (Lipinski definition) is 4. The third-order valence-electron chi connectivity index (χ3n) is 4.45. The fourth-order valence-corrected chi connectivity index (χ4v) is 2.86. The number of carbonyl (C=O) groups is 1. The van der Waals surface area contributed by atoms with Gasteiger partial charge in [0.15, 0.2) is 0 Å². The van der Waals surface area contributed by atoms with E-state index in [1.807, 2.05) is 0 Å². The second kappa shape index (κ2) is 6.82. The van der Waals surface area contributed by atoms with Crippen LogP contribution in [0.1, 0.15) is 6.42 Å². The van der Waals surface area contributed by atoms with Gasteiger partial charge in [-0.3, -0.25) is 4.79 Å². The lowest BCUT2D eigenvalue weighted by Crippen LogP contribution is -2.58. The molecule has 0 bridgehead atoms. The first kappa shape index (κ1) is 18.6. The summed E-state index contributed by atoms with van der Waals surface area (Å²) in [5, 5.41) is 8.50. The molecule has 5 nitrogen and oxygen atoms in total. The van der Waals surface area contributed by atoms with Crippen LogP contribution < -0.4 is 16.0 Å². The van der Waals surface area contributed by atoms with E-state index in [2.05, 4.69) is 20.9 Å². The molecule has 2 aliphatic heterocycles. The molecule has 1 atom stereocenters. The zero-order valence-electron chi connectivity index (χ0n) is 13.5. The quantitative estimate of drug-likeness (QED) is 0.654.